The summed E-state index contributed by atoms with van der Waals surface area (Å²) in [4.78, 5) is 14.4. The molecule has 1 fully saturated rings. The molecule has 1 heterocycles. The highest BCUT2D eigenvalue weighted by molar-refractivity contribution is 5.96. The Morgan fingerprint density at radius 3 is 2.55 bits per heavy atom. The number of nitrogens with two attached hydrogens (primary N) is 1. The van der Waals surface area contributed by atoms with Crippen LogP contribution in [0.1, 0.15) is 28.8 Å². The first-order valence-corrected chi connectivity index (χ1v) is 7.42. The van der Waals surface area contributed by atoms with Gasteiger partial charge in [0.15, 0.2) is 5.78 Å². The van der Waals surface area contributed by atoms with E-state index in [-0.39, 0.29) is 5.78 Å². The lowest BCUT2D eigenvalue weighted by Crippen LogP contribution is -2.36. The summed E-state index contributed by atoms with van der Waals surface area (Å²) in [5.41, 5.74) is 7.52. The molecular formula is C16H24N2O2. The topological polar surface area (TPSA) is 55.6 Å². The molecule has 4 nitrogen and oxygen atoms in total. The van der Waals surface area contributed by atoms with Crippen molar-refractivity contribution < 1.29 is 9.53 Å². The fourth-order valence-electron chi connectivity index (χ4n) is 2.46. The number of morpholine rings is 1. The number of ketones is 1. The third-order valence-electron chi connectivity index (χ3n) is 3.69. The largest absolute Gasteiger partial charge is 0.379 e. The van der Waals surface area contributed by atoms with Crippen molar-refractivity contribution in [2.45, 2.75) is 19.3 Å². The summed E-state index contributed by atoms with van der Waals surface area (Å²) in [6, 6.07) is 7.84. The van der Waals surface area contributed by atoms with Gasteiger partial charge >= 0.3 is 0 Å². The summed E-state index contributed by atoms with van der Waals surface area (Å²) < 4.78 is 5.31. The molecule has 1 aliphatic heterocycles. The van der Waals surface area contributed by atoms with Gasteiger partial charge in [-0.05, 0) is 31.5 Å². The molecule has 110 valence electrons. The second kappa shape index (κ2) is 8.15. The van der Waals surface area contributed by atoms with Crippen LogP contribution in [0.3, 0.4) is 0 Å². The van der Waals surface area contributed by atoms with Crippen molar-refractivity contribution in [1.82, 2.24) is 4.90 Å². The summed E-state index contributed by atoms with van der Waals surface area (Å²) in [5.74, 6) is 0.234. The number of benzene rings is 1. The van der Waals surface area contributed by atoms with Crippen molar-refractivity contribution in [1.29, 1.82) is 0 Å². The van der Waals surface area contributed by atoms with Crippen LogP contribution in [0, 0.1) is 0 Å². The number of Topliss-reactive ketones (excluding diaryl/α,β-unsaturated/α-hetero) is 1. The maximum Gasteiger partial charge on any atom is 0.162 e. The van der Waals surface area contributed by atoms with Gasteiger partial charge in [-0.2, -0.15) is 0 Å². The first kappa shape index (κ1) is 15.2. The van der Waals surface area contributed by atoms with E-state index >= 15 is 0 Å². The van der Waals surface area contributed by atoms with Gasteiger partial charge in [0.25, 0.3) is 0 Å². The van der Waals surface area contributed by atoms with Crippen LogP contribution >= 0.6 is 0 Å². The molecular weight excluding hydrogens is 252 g/mol. The van der Waals surface area contributed by atoms with Crippen LogP contribution in [-0.2, 0) is 11.2 Å². The SMILES string of the molecule is NCCc1ccc(C(=O)CCCN2CCOCC2)cc1. The fourth-order valence-corrected chi connectivity index (χ4v) is 2.46. The maximum absolute atomic E-state index is 12.1. The van der Waals surface area contributed by atoms with Crippen LogP contribution in [0.5, 0.6) is 0 Å². The predicted octanol–water partition coefficient (Wildman–Crippen LogP) is 1.48. The Morgan fingerprint density at radius 1 is 1.20 bits per heavy atom. The molecule has 0 aliphatic carbocycles. The number of ether oxygens (including phenoxy) is 1. The standard InChI is InChI=1S/C16H24N2O2/c17-8-7-14-3-5-15(6-4-14)16(19)2-1-9-18-10-12-20-13-11-18/h3-6H,1-2,7-13,17H2. The number of carbonyl (C=O) groups excluding carboxylic acids is 1. The van der Waals surface area contributed by atoms with Gasteiger partial charge in [-0.3, -0.25) is 9.69 Å². The van der Waals surface area contributed by atoms with Crippen molar-refractivity contribution in [3.05, 3.63) is 35.4 Å². The molecule has 0 unspecified atom stereocenters. The molecule has 1 saturated heterocycles. The van der Waals surface area contributed by atoms with Crippen LogP contribution in [0.25, 0.3) is 0 Å². The minimum Gasteiger partial charge on any atom is -0.379 e. The molecule has 0 atom stereocenters. The Morgan fingerprint density at radius 2 is 1.90 bits per heavy atom. The quantitative estimate of drug-likeness (QED) is 0.767. The molecule has 0 aromatic heterocycles. The molecule has 2 rings (SSSR count). The highest BCUT2D eigenvalue weighted by Gasteiger charge is 2.11. The number of hydrogen-bond donors (Lipinski definition) is 1. The maximum atomic E-state index is 12.1. The molecule has 0 radical (unpaired) electrons. The summed E-state index contributed by atoms with van der Waals surface area (Å²) in [7, 11) is 0. The van der Waals surface area contributed by atoms with Crippen LogP contribution in [0.4, 0.5) is 0 Å². The third kappa shape index (κ3) is 4.71. The van der Waals surface area contributed by atoms with Gasteiger partial charge in [-0.25, -0.2) is 0 Å². The van der Waals surface area contributed by atoms with Gasteiger partial charge in [-0.15, -0.1) is 0 Å². The Bertz CT molecular complexity index is 411. The van der Waals surface area contributed by atoms with Gasteiger partial charge in [-0.1, -0.05) is 24.3 Å². The number of carbonyl (C=O) groups is 1. The number of hydrogen-bond acceptors (Lipinski definition) is 4. The van der Waals surface area contributed by atoms with Crippen molar-refractivity contribution in [3.63, 3.8) is 0 Å². The molecule has 1 aromatic rings. The average Bonchev–Trinajstić information content (AvgIpc) is 2.49. The highest BCUT2D eigenvalue weighted by atomic mass is 16.5. The molecule has 0 amide bonds. The molecule has 0 saturated carbocycles. The fraction of sp³-hybridized carbons (Fsp3) is 0.562. The van der Waals surface area contributed by atoms with Crippen LogP contribution in [-0.4, -0.2) is 50.1 Å². The Labute approximate surface area is 120 Å². The Hall–Kier alpha value is -1.23. The van der Waals surface area contributed by atoms with E-state index in [1.807, 2.05) is 24.3 Å². The number of rotatable bonds is 7. The van der Waals surface area contributed by atoms with Crippen LogP contribution in [0.15, 0.2) is 24.3 Å². The molecule has 20 heavy (non-hydrogen) atoms. The van der Waals surface area contributed by atoms with E-state index in [2.05, 4.69) is 4.90 Å². The van der Waals surface area contributed by atoms with E-state index in [9.17, 15) is 4.79 Å². The zero-order valence-electron chi connectivity index (χ0n) is 12.0. The second-order valence-corrected chi connectivity index (χ2v) is 5.22. The second-order valence-electron chi connectivity index (χ2n) is 5.22. The smallest absolute Gasteiger partial charge is 0.162 e. The van der Waals surface area contributed by atoms with Crippen molar-refractivity contribution in [2.24, 2.45) is 5.73 Å². The van der Waals surface area contributed by atoms with Crippen LogP contribution < -0.4 is 5.73 Å². The molecule has 2 N–H and O–H groups in total. The van der Waals surface area contributed by atoms with E-state index in [4.69, 9.17) is 10.5 Å². The van der Waals surface area contributed by atoms with E-state index in [1.54, 1.807) is 0 Å². The molecule has 4 heteroatoms. The minimum absolute atomic E-state index is 0.234. The minimum atomic E-state index is 0.234. The lowest BCUT2D eigenvalue weighted by Gasteiger charge is -2.26. The molecule has 1 aliphatic rings. The predicted molar refractivity (Wildman–Crippen MR) is 80.0 cm³/mol. The first-order valence-electron chi connectivity index (χ1n) is 7.42. The monoisotopic (exact) mass is 276 g/mol. The lowest BCUT2D eigenvalue weighted by atomic mass is 10.0. The normalized spacial score (nSPS) is 16.2. The zero-order valence-corrected chi connectivity index (χ0v) is 12.0. The van der Waals surface area contributed by atoms with Gasteiger partial charge in [0.2, 0.25) is 0 Å². The van der Waals surface area contributed by atoms with Crippen LogP contribution in [0.2, 0.25) is 0 Å². The van der Waals surface area contributed by atoms with E-state index in [0.29, 0.717) is 13.0 Å². The van der Waals surface area contributed by atoms with E-state index in [0.717, 1.165) is 51.3 Å². The summed E-state index contributed by atoms with van der Waals surface area (Å²) in [6.45, 7) is 5.24. The van der Waals surface area contributed by atoms with E-state index in [1.165, 1.54) is 5.56 Å². The van der Waals surface area contributed by atoms with Crippen molar-refractivity contribution in [2.75, 3.05) is 39.4 Å². The third-order valence-corrected chi connectivity index (χ3v) is 3.69. The average molecular weight is 276 g/mol. The first-order chi connectivity index (χ1) is 9.79. The molecule has 0 bridgehead atoms. The summed E-state index contributed by atoms with van der Waals surface area (Å²) in [6.07, 6.45) is 2.41. The number of nitrogens with zero attached hydrogens (tertiary/aromatic N) is 1. The lowest BCUT2D eigenvalue weighted by molar-refractivity contribution is 0.0371. The Kier molecular flexibility index (Phi) is 6.18. The van der Waals surface area contributed by atoms with Gasteiger partial charge < -0.3 is 10.5 Å². The van der Waals surface area contributed by atoms with Crippen molar-refractivity contribution in [3.8, 4) is 0 Å². The van der Waals surface area contributed by atoms with Gasteiger partial charge in [0.05, 0.1) is 13.2 Å². The Balaban J connectivity index is 1.73. The van der Waals surface area contributed by atoms with Crippen molar-refractivity contribution >= 4 is 5.78 Å². The van der Waals surface area contributed by atoms with Gasteiger partial charge in [0.1, 0.15) is 0 Å². The molecule has 0 spiro atoms. The molecule has 1 aromatic carbocycles. The van der Waals surface area contributed by atoms with E-state index < -0.39 is 0 Å². The highest BCUT2D eigenvalue weighted by Crippen LogP contribution is 2.09. The summed E-state index contributed by atoms with van der Waals surface area (Å²) in [5, 5.41) is 0. The van der Waals surface area contributed by atoms with Gasteiger partial charge in [0, 0.05) is 25.1 Å². The zero-order chi connectivity index (χ0) is 14.2. The summed E-state index contributed by atoms with van der Waals surface area (Å²) >= 11 is 0.